The molecule has 1 amide bonds. The third-order valence-corrected chi connectivity index (χ3v) is 4.07. The zero-order valence-corrected chi connectivity index (χ0v) is 11.1. The third-order valence-electron chi connectivity index (χ3n) is 2.58. The van der Waals surface area contributed by atoms with E-state index in [9.17, 15) is 13.2 Å². The number of hydrogen-bond acceptors (Lipinski definition) is 4. The minimum atomic E-state index is -3.76. The molecule has 0 saturated heterocycles. The number of carbonyl (C=O) groups is 1. The number of sulfonamides is 1. The lowest BCUT2D eigenvalue weighted by molar-refractivity contribution is 0.0992. The summed E-state index contributed by atoms with van der Waals surface area (Å²) in [4.78, 5) is 11.0. The fraction of sp³-hybridized carbons (Fsp3) is 0.500. The number of hydrogen-bond donors (Lipinski definition) is 3. The maximum atomic E-state index is 12.0. The van der Waals surface area contributed by atoms with Gasteiger partial charge in [0.2, 0.25) is 10.0 Å². The number of nitrogens with one attached hydrogen (secondary N) is 1. The Morgan fingerprint density at radius 2 is 2.22 bits per heavy atom. The number of nitrogens with zero attached hydrogens (tertiary/aromatic N) is 1. The molecule has 0 aliphatic carbocycles. The standard InChI is InChI=1S/C10H17N3O4S/c1-3-7(6-14)12-18(16,17)8-4-9(10(11)15)13(2)5-8/h4-5,7,12,14H,3,6H2,1-2H3,(H2,11,15)/t7-/m1/s1. The van der Waals surface area contributed by atoms with E-state index >= 15 is 0 Å². The molecular weight excluding hydrogens is 258 g/mol. The summed E-state index contributed by atoms with van der Waals surface area (Å²) in [7, 11) is -2.23. The van der Waals surface area contributed by atoms with Gasteiger partial charge < -0.3 is 15.4 Å². The molecule has 0 fully saturated rings. The second kappa shape index (κ2) is 5.51. The van der Waals surface area contributed by atoms with Crippen LogP contribution in [0.25, 0.3) is 0 Å². The van der Waals surface area contributed by atoms with Crippen LogP contribution in [0.3, 0.4) is 0 Å². The van der Waals surface area contributed by atoms with E-state index in [2.05, 4.69) is 4.72 Å². The van der Waals surface area contributed by atoms with Gasteiger partial charge in [-0.1, -0.05) is 6.92 Å². The van der Waals surface area contributed by atoms with E-state index in [1.807, 2.05) is 0 Å². The number of primary amides is 1. The van der Waals surface area contributed by atoms with E-state index < -0.39 is 22.0 Å². The number of aliphatic hydroxyl groups excluding tert-OH is 1. The first-order valence-electron chi connectivity index (χ1n) is 5.41. The normalized spacial score (nSPS) is 13.5. The van der Waals surface area contributed by atoms with Crippen LogP contribution in [-0.4, -0.2) is 36.6 Å². The minimum Gasteiger partial charge on any atom is -0.395 e. The molecule has 8 heteroatoms. The molecular formula is C10H17N3O4S. The number of aliphatic hydroxyl groups is 1. The van der Waals surface area contributed by atoms with Crippen LogP contribution >= 0.6 is 0 Å². The van der Waals surface area contributed by atoms with Crippen molar-refractivity contribution in [2.45, 2.75) is 24.3 Å². The maximum absolute atomic E-state index is 12.0. The number of aromatic nitrogens is 1. The highest BCUT2D eigenvalue weighted by Gasteiger charge is 2.22. The molecule has 0 unspecified atom stereocenters. The number of nitrogens with two attached hydrogens (primary N) is 1. The third kappa shape index (κ3) is 3.09. The summed E-state index contributed by atoms with van der Waals surface area (Å²) in [5.41, 5.74) is 5.21. The average molecular weight is 275 g/mol. The molecule has 0 bridgehead atoms. The topological polar surface area (TPSA) is 114 Å². The predicted octanol–water partition coefficient (Wildman–Crippen LogP) is -0.827. The Bertz CT molecular complexity index is 531. The van der Waals surface area contributed by atoms with E-state index in [-0.39, 0.29) is 17.2 Å². The first-order chi connectivity index (χ1) is 8.31. The van der Waals surface area contributed by atoms with Crippen LogP contribution in [0.2, 0.25) is 0 Å². The highest BCUT2D eigenvalue weighted by Crippen LogP contribution is 2.13. The molecule has 102 valence electrons. The smallest absolute Gasteiger partial charge is 0.265 e. The highest BCUT2D eigenvalue weighted by atomic mass is 32.2. The Morgan fingerprint density at radius 1 is 1.61 bits per heavy atom. The summed E-state index contributed by atoms with van der Waals surface area (Å²) in [6.45, 7) is 1.47. The zero-order chi connectivity index (χ0) is 13.9. The van der Waals surface area contributed by atoms with Crippen LogP contribution in [0.5, 0.6) is 0 Å². The van der Waals surface area contributed by atoms with Gasteiger partial charge in [-0.05, 0) is 12.5 Å². The van der Waals surface area contributed by atoms with Gasteiger partial charge in [-0.15, -0.1) is 0 Å². The quantitative estimate of drug-likeness (QED) is 0.628. The molecule has 7 nitrogen and oxygen atoms in total. The zero-order valence-electron chi connectivity index (χ0n) is 10.3. The van der Waals surface area contributed by atoms with Crippen LogP contribution in [0.1, 0.15) is 23.8 Å². The van der Waals surface area contributed by atoms with Gasteiger partial charge >= 0.3 is 0 Å². The lowest BCUT2D eigenvalue weighted by Gasteiger charge is -2.13. The van der Waals surface area contributed by atoms with Crippen molar-refractivity contribution in [1.29, 1.82) is 0 Å². The molecule has 1 rings (SSSR count). The van der Waals surface area contributed by atoms with Crippen LogP contribution in [0.4, 0.5) is 0 Å². The lowest BCUT2D eigenvalue weighted by Crippen LogP contribution is -2.36. The monoisotopic (exact) mass is 275 g/mol. The van der Waals surface area contributed by atoms with Gasteiger partial charge in [-0.25, -0.2) is 13.1 Å². The highest BCUT2D eigenvalue weighted by molar-refractivity contribution is 7.89. The van der Waals surface area contributed by atoms with Crippen molar-refractivity contribution in [2.75, 3.05) is 6.61 Å². The number of aryl methyl sites for hydroxylation is 1. The fourth-order valence-corrected chi connectivity index (χ4v) is 2.84. The van der Waals surface area contributed by atoms with E-state index in [4.69, 9.17) is 10.8 Å². The Hall–Kier alpha value is -1.38. The fourth-order valence-electron chi connectivity index (χ4n) is 1.46. The molecule has 1 aromatic heterocycles. The van der Waals surface area contributed by atoms with Gasteiger partial charge in [-0.3, -0.25) is 4.79 Å². The molecule has 0 aliphatic rings. The van der Waals surface area contributed by atoms with Crippen LogP contribution in [-0.2, 0) is 17.1 Å². The van der Waals surface area contributed by atoms with Gasteiger partial charge in [0.05, 0.1) is 6.61 Å². The molecule has 1 heterocycles. The van der Waals surface area contributed by atoms with Gasteiger partial charge in [0.1, 0.15) is 10.6 Å². The van der Waals surface area contributed by atoms with Crippen molar-refractivity contribution >= 4 is 15.9 Å². The van der Waals surface area contributed by atoms with Crippen molar-refractivity contribution in [3.8, 4) is 0 Å². The van der Waals surface area contributed by atoms with Gasteiger partial charge in [0, 0.05) is 19.3 Å². The molecule has 18 heavy (non-hydrogen) atoms. The van der Waals surface area contributed by atoms with Crippen molar-refractivity contribution in [3.63, 3.8) is 0 Å². The van der Waals surface area contributed by atoms with Gasteiger partial charge in [0.15, 0.2) is 0 Å². The summed E-state index contributed by atoms with van der Waals surface area (Å²) in [5.74, 6) is -0.701. The number of rotatable bonds is 6. The number of carbonyl (C=O) groups excluding carboxylic acids is 1. The molecule has 0 radical (unpaired) electrons. The lowest BCUT2D eigenvalue weighted by atomic mass is 10.3. The van der Waals surface area contributed by atoms with Crippen LogP contribution in [0.15, 0.2) is 17.2 Å². The van der Waals surface area contributed by atoms with Gasteiger partial charge in [0.25, 0.3) is 5.91 Å². The van der Waals surface area contributed by atoms with E-state index in [0.29, 0.717) is 6.42 Å². The summed E-state index contributed by atoms with van der Waals surface area (Å²) in [6, 6.07) is 0.654. The van der Waals surface area contributed by atoms with Crippen molar-refractivity contribution in [1.82, 2.24) is 9.29 Å². The average Bonchev–Trinajstić information content (AvgIpc) is 2.69. The van der Waals surface area contributed by atoms with E-state index in [1.165, 1.54) is 23.9 Å². The Morgan fingerprint density at radius 3 is 2.61 bits per heavy atom. The number of amides is 1. The molecule has 1 aromatic rings. The van der Waals surface area contributed by atoms with E-state index in [0.717, 1.165) is 0 Å². The molecule has 0 spiro atoms. The molecule has 1 atom stereocenters. The van der Waals surface area contributed by atoms with Crippen molar-refractivity contribution in [3.05, 3.63) is 18.0 Å². The maximum Gasteiger partial charge on any atom is 0.265 e. The van der Waals surface area contributed by atoms with Crippen molar-refractivity contribution < 1.29 is 18.3 Å². The minimum absolute atomic E-state index is 0.0503. The van der Waals surface area contributed by atoms with Crippen LogP contribution < -0.4 is 10.5 Å². The van der Waals surface area contributed by atoms with Gasteiger partial charge in [-0.2, -0.15) is 0 Å². The summed E-state index contributed by atoms with van der Waals surface area (Å²) in [6.07, 6.45) is 1.76. The Kier molecular flexibility index (Phi) is 4.49. The predicted molar refractivity (Wildman–Crippen MR) is 65.4 cm³/mol. The second-order valence-electron chi connectivity index (χ2n) is 3.95. The first-order valence-corrected chi connectivity index (χ1v) is 6.89. The molecule has 0 aliphatic heterocycles. The molecule has 0 aromatic carbocycles. The largest absolute Gasteiger partial charge is 0.395 e. The molecule has 4 N–H and O–H groups in total. The molecule has 0 saturated carbocycles. The summed E-state index contributed by atoms with van der Waals surface area (Å²) >= 11 is 0. The van der Waals surface area contributed by atoms with Crippen molar-refractivity contribution in [2.24, 2.45) is 12.8 Å². The van der Waals surface area contributed by atoms with Crippen LogP contribution in [0, 0.1) is 0 Å². The first kappa shape index (κ1) is 14.7. The summed E-state index contributed by atoms with van der Waals surface area (Å²) < 4.78 is 27.6. The van der Waals surface area contributed by atoms with E-state index in [1.54, 1.807) is 6.92 Å². The second-order valence-corrected chi connectivity index (χ2v) is 5.66. The SMILES string of the molecule is CC[C@H](CO)NS(=O)(=O)c1cc(C(N)=O)n(C)c1. The Balaban J connectivity index is 3.06. The summed E-state index contributed by atoms with van der Waals surface area (Å²) in [5, 5.41) is 8.98. The Labute approximate surface area is 106 Å².